The Labute approximate surface area is 164 Å². The molecule has 1 heterocycles. The Balaban J connectivity index is 0.00000264. The fourth-order valence-electron chi connectivity index (χ4n) is 3.34. The first kappa shape index (κ1) is 24.0. The van der Waals surface area contributed by atoms with Crippen molar-refractivity contribution in [1.82, 2.24) is 9.80 Å². The summed E-state index contributed by atoms with van der Waals surface area (Å²) >= 11 is 6.19. The van der Waals surface area contributed by atoms with E-state index in [4.69, 9.17) is 11.6 Å². The van der Waals surface area contributed by atoms with E-state index in [9.17, 15) is 5.11 Å². The number of hydrogen-bond donors (Lipinski definition) is 1. The van der Waals surface area contributed by atoms with Crippen LogP contribution in [0.4, 0.5) is 0 Å². The first-order chi connectivity index (χ1) is 10.5. The molecule has 0 aromatic heterocycles. The molecule has 24 heavy (non-hydrogen) atoms. The average Bonchev–Trinajstić information content (AvgIpc) is 2.53. The van der Waals surface area contributed by atoms with Crippen molar-refractivity contribution in [2.75, 3.05) is 39.8 Å². The lowest BCUT2D eigenvalue weighted by molar-refractivity contribution is -0.0111. The molecule has 1 fully saturated rings. The van der Waals surface area contributed by atoms with Crippen LogP contribution in [-0.2, 0) is 0 Å². The first-order valence-corrected chi connectivity index (χ1v) is 8.75. The standard InChI is InChI=1S/C18H29ClN2O.2ClH/c1-4-18(22,5-2)17(15-7-6-8-16(19)13-15)14-21-11-9-20(3)10-12-21;;/h6-8,13,17,22H,4-5,9-12,14H2,1-3H3;2*1H. The summed E-state index contributed by atoms with van der Waals surface area (Å²) in [6, 6.07) is 8.00. The Morgan fingerprint density at radius 2 is 1.71 bits per heavy atom. The van der Waals surface area contributed by atoms with Crippen LogP contribution in [-0.4, -0.2) is 60.3 Å². The minimum atomic E-state index is -0.673. The molecule has 1 N–H and O–H groups in total. The Morgan fingerprint density at radius 1 is 1.12 bits per heavy atom. The topological polar surface area (TPSA) is 26.7 Å². The summed E-state index contributed by atoms with van der Waals surface area (Å²) in [7, 11) is 2.17. The van der Waals surface area contributed by atoms with Gasteiger partial charge in [0.15, 0.2) is 0 Å². The summed E-state index contributed by atoms with van der Waals surface area (Å²) in [5.41, 5.74) is 0.478. The predicted octanol–water partition coefficient (Wildman–Crippen LogP) is 4.07. The third-order valence-electron chi connectivity index (χ3n) is 5.16. The van der Waals surface area contributed by atoms with Crippen LogP contribution >= 0.6 is 36.4 Å². The van der Waals surface area contributed by atoms with E-state index in [-0.39, 0.29) is 30.7 Å². The summed E-state index contributed by atoms with van der Waals surface area (Å²) in [4.78, 5) is 4.83. The van der Waals surface area contributed by atoms with Crippen LogP contribution in [0.2, 0.25) is 5.02 Å². The van der Waals surface area contributed by atoms with Crippen molar-refractivity contribution in [3.05, 3.63) is 34.9 Å². The minimum Gasteiger partial charge on any atom is -0.389 e. The number of likely N-dealkylation sites (N-methyl/N-ethyl adjacent to an activating group) is 1. The van der Waals surface area contributed by atoms with Gasteiger partial charge < -0.3 is 14.9 Å². The van der Waals surface area contributed by atoms with E-state index in [0.717, 1.165) is 56.2 Å². The normalized spacial score (nSPS) is 17.7. The lowest BCUT2D eigenvalue weighted by Gasteiger charge is -2.41. The molecular formula is C18H31Cl3N2O. The average molecular weight is 398 g/mol. The molecule has 0 radical (unpaired) electrons. The second-order valence-corrected chi connectivity index (χ2v) is 6.96. The van der Waals surface area contributed by atoms with Gasteiger partial charge in [0, 0.05) is 43.7 Å². The number of aliphatic hydroxyl groups is 1. The van der Waals surface area contributed by atoms with Crippen LogP contribution in [0, 0.1) is 0 Å². The summed E-state index contributed by atoms with van der Waals surface area (Å²) in [5.74, 6) is 0.101. The molecule has 140 valence electrons. The highest BCUT2D eigenvalue weighted by molar-refractivity contribution is 6.30. The Morgan fingerprint density at radius 3 is 2.21 bits per heavy atom. The highest BCUT2D eigenvalue weighted by Gasteiger charge is 2.36. The molecule has 1 saturated heterocycles. The molecule has 0 spiro atoms. The maximum Gasteiger partial charge on any atom is 0.0723 e. The van der Waals surface area contributed by atoms with Crippen molar-refractivity contribution < 1.29 is 5.11 Å². The number of hydrogen-bond acceptors (Lipinski definition) is 3. The number of piperazine rings is 1. The van der Waals surface area contributed by atoms with Crippen LogP contribution < -0.4 is 0 Å². The lowest BCUT2D eigenvalue weighted by Crippen LogP contribution is -2.49. The summed E-state index contributed by atoms with van der Waals surface area (Å²) in [6.07, 6.45) is 1.52. The van der Waals surface area contributed by atoms with E-state index in [1.54, 1.807) is 0 Å². The molecule has 2 rings (SSSR count). The van der Waals surface area contributed by atoms with Gasteiger partial charge in [-0.25, -0.2) is 0 Å². The largest absolute Gasteiger partial charge is 0.389 e. The van der Waals surface area contributed by atoms with Crippen LogP contribution in [0.25, 0.3) is 0 Å². The zero-order valence-corrected chi connectivity index (χ0v) is 17.3. The Bertz CT molecular complexity index is 475. The van der Waals surface area contributed by atoms with Gasteiger partial charge in [-0.1, -0.05) is 37.6 Å². The minimum absolute atomic E-state index is 0. The lowest BCUT2D eigenvalue weighted by atomic mass is 9.78. The van der Waals surface area contributed by atoms with Crippen molar-refractivity contribution in [3.8, 4) is 0 Å². The summed E-state index contributed by atoms with van der Waals surface area (Å²) < 4.78 is 0. The van der Waals surface area contributed by atoms with Gasteiger partial charge in [0.25, 0.3) is 0 Å². The Hall–Kier alpha value is -0.0300. The van der Waals surface area contributed by atoms with Crippen molar-refractivity contribution in [1.29, 1.82) is 0 Å². The van der Waals surface area contributed by atoms with Crippen LogP contribution in [0.1, 0.15) is 38.2 Å². The fraction of sp³-hybridized carbons (Fsp3) is 0.667. The molecule has 1 aliphatic heterocycles. The number of benzene rings is 1. The molecule has 1 aromatic carbocycles. The second-order valence-electron chi connectivity index (χ2n) is 6.52. The number of rotatable bonds is 6. The summed E-state index contributed by atoms with van der Waals surface area (Å²) in [6.45, 7) is 9.37. The molecule has 1 aromatic rings. The van der Waals surface area contributed by atoms with Gasteiger partial charge in [-0.15, -0.1) is 24.8 Å². The van der Waals surface area contributed by atoms with Gasteiger partial charge in [-0.05, 0) is 37.6 Å². The van der Waals surface area contributed by atoms with Crippen LogP contribution in [0.15, 0.2) is 24.3 Å². The van der Waals surface area contributed by atoms with Gasteiger partial charge in [0.1, 0.15) is 0 Å². The fourth-order valence-corrected chi connectivity index (χ4v) is 3.54. The Kier molecular flexibility index (Phi) is 10.8. The van der Waals surface area contributed by atoms with Crippen molar-refractivity contribution in [2.24, 2.45) is 0 Å². The molecule has 0 bridgehead atoms. The quantitative estimate of drug-likeness (QED) is 0.784. The molecule has 3 nitrogen and oxygen atoms in total. The van der Waals surface area contributed by atoms with Crippen molar-refractivity contribution in [2.45, 2.75) is 38.2 Å². The SMILES string of the molecule is CCC(O)(CC)C(CN1CCN(C)CC1)c1cccc(Cl)c1.Cl.Cl. The zero-order chi connectivity index (χ0) is 16.2. The van der Waals surface area contributed by atoms with E-state index in [1.807, 2.05) is 18.2 Å². The summed E-state index contributed by atoms with van der Waals surface area (Å²) in [5, 5.41) is 11.9. The third-order valence-corrected chi connectivity index (χ3v) is 5.40. The molecule has 1 atom stereocenters. The van der Waals surface area contributed by atoms with Crippen molar-refractivity contribution >= 4 is 36.4 Å². The van der Waals surface area contributed by atoms with Crippen LogP contribution in [0.3, 0.4) is 0 Å². The van der Waals surface area contributed by atoms with E-state index >= 15 is 0 Å². The van der Waals surface area contributed by atoms with Gasteiger partial charge >= 0.3 is 0 Å². The van der Waals surface area contributed by atoms with Gasteiger partial charge in [-0.2, -0.15) is 0 Å². The molecular weight excluding hydrogens is 367 g/mol. The molecule has 1 aliphatic rings. The highest BCUT2D eigenvalue weighted by atomic mass is 35.5. The maximum absolute atomic E-state index is 11.1. The van der Waals surface area contributed by atoms with E-state index in [1.165, 1.54) is 0 Å². The predicted molar refractivity (Wildman–Crippen MR) is 108 cm³/mol. The molecule has 1 unspecified atom stereocenters. The molecule has 0 amide bonds. The van der Waals surface area contributed by atoms with Gasteiger partial charge in [0.05, 0.1) is 5.60 Å². The highest BCUT2D eigenvalue weighted by Crippen LogP contribution is 2.35. The van der Waals surface area contributed by atoms with Crippen molar-refractivity contribution in [3.63, 3.8) is 0 Å². The first-order valence-electron chi connectivity index (χ1n) is 8.37. The van der Waals surface area contributed by atoms with Gasteiger partial charge in [-0.3, -0.25) is 0 Å². The maximum atomic E-state index is 11.1. The number of halogens is 3. The molecule has 6 heteroatoms. The van der Waals surface area contributed by atoms with Crippen LogP contribution in [0.5, 0.6) is 0 Å². The zero-order valence-electron chi connectivity index (χ0n) is 14.9. The van der Waals surface area contributed by atoms with Gasteiger partial charge in [0.2, 0.25) is 0 Å². The van der Waals surface area contributed by atoms with E-state index in [2.05, 4.69) is 36.8 Å². The van der Waals surface area contributed by atoms with E-state index in [0.29, 0.717) is 0 Å². The molecule has 0 saturated carbocycles. The third kappa shape index (κ3) is 6.05. The molecule has 0 aliphatic carbocycles. The number of nitrogens with zero attached hydrogens (tertiary/aromatic N) is 2. The monoisotopic (exact) mass is 396 g/mol. The smallest absolute Gasteiger partial charge is 0.0723 e. The second kappa shape index (κ2) is 10.8. The van der Waals surface area contributed by atoms with E-state index < -0.39 is 5.60 Å².